The van der Waals surface area contributed by atoms with Crippen molar-refractivity contribution in [3.05, 3.63) is 29.7 Å². The summed E-state index contributed by atoms with van der Waals surface area (Å²) < 4.78 is 4.41. The van der Waals surface area contributed by atoms with Gasteiger partial charge in [0.15, 0.2) is 5.96 Å². The van der Waals surface area contributed by atoms with Gasteiger partial charge in [0.25, 0.3) is 0 Å². The predicted molar refractivity (Wildman–Crippen MR) is 119 cm³/mol. The fraction of sp³-hybridized carbons (Fsp3) is 0.600. The highest BCUT2D eigenvalue weighted by atomic mass is 32.1. The van der Waals surface area contributed by atoms with Crippen molar-refractivity contribution in [1.29, 1.82) is 0 Å². The maximum Gasteiger partial charge on any atom is 0.205 e. The molecule has 0 radical (unpaired) electrons. The van der Waals surface area contributed by atoms with Crippen molar-refractivity contribution >= 4 is 28.4 Å². The summed E-state index contributed by atoms with van der Waals surface area (Å²) in [6.45, 7) is 8.81. The number of hydrogen-bond donors (Lipinski definition) is 1. The van der Waals surface area contributed by atoms with Gasteiger partial charge in [0.1, 0.15) is 11.6 Å². The monoisotopic (exact) mass is 414 g/mol. The van der Waals surface area contributed by atoms with Gasteiger partial charge in [-0.15, -0.1) is 0 Å². The average Bonchev–Trinajstić information content (AvgIpc) is 3.47. The fourth-order valence-electron chi connectivity index (χ4n) is 3.83. The van der Waals surface area contributed by atoms with Crippen molar-refractivity contribution in [2.24, 2.45) is 4.99 Å². The zero-order valence-corrected chi connectivity index (χ0v) is 18.2. The highest BCUT2D eigenvalue weighted by Gasteiger charge is 2.22. The third kappa shape index (κ3) is 4.77. The molecule has 2 aromatic heterocycles. The van der Waals surface area contributed by atoms with Crippen LogP contribution in [-0.2, 0) is 13.0 Å². The average molecular weight is 415 g/mol. The van der Waals surface area contributed by atoms with Crippen LogP contribution < -0.4 is 15.1 Å². The van der Waals surface area contributed by atoms with Crippen LogP contribution in [-0.4, -0.2) is 71.5 Å². The molecule has 4 heterocycles. The van der Waals surface area contributed by atoms with Crippen LogP contribution in [0.2, 0.25) is 0 Å². The minimum Gasteiger partial charge on any atom is -0.357 e. The molecule has 0 amide bonds. The van der Waals surface area contributed by atoms with Crippen LogP contribution in [0.1, 0.15) is 31.2 Å². The number of aryl methyl sites for hydroxylation is 1. The summed E-state index contributed by atoms with van der Waals surface area (Å²) in [7, 11) is 1.86. The van der Waals surface area contributed by atoms with E-state index >= 15 is 0 Å². The second kappa shape index (κ2) is 9.39. The van der Waals surface area contributed by atoms with Gasteiger partial charge in [0.2, 0.25) is 5.13 Å². The van der Waals surface area contributed by atoms with Gasteiger partial charge in [0, 0.05) is 77.0 Å². The Bertz CT molecular complexity index is 821. The number of piperazine rings is 1. The number of pyridine rings is 1. The van der Waals surface area contributed by atoms with Crippen LogP contribution in [0, 0.1) is 0 Å². The van der Waals surface area contributed by atoms with Crippen LogP contribution in [0.25, 0.3) is 0 Å². The van der Waals surface area contributed by atoms with Gasteiger partial charge in [-0.05, 0) is 30.5 Å². The highest BCUT2D eigenvalue weighted by Crippen LogP contribution is 2.20. The molecule has 9 heteroatoms. The Hall–Kier alpha value is -2.42. The van der Waals surface area contributed by atoms with Gasteiger partial charge in [-0.1, -0.05) is 6.92 Å². The Labute approximate surface area is 176 Å². The normalized spacial score (nSPS) is 17.9. The number of rotatable bonds is 5. The van der Waals surface area contributed by atoms with Crippen LogP contribution in [0.5, 0.6) is 0 Å². The van der Waals surface area contributed by atoms with E-state index in [0.29, 0.717) is 0 Å². The number of anilines is 2. The predicted octanol–water partition coefficient (Wildman–Crippen LogP) is 1.99. The third-order valence-corrected chi connectivity index (χ3v) is 6.34. The zero-order chi connectivity index (χ0) is 20.1. The maximum absolute atomic E-state index is 4.62. The van der Waals surface area contributed by atoms with E-state index in [1.165, 1.54) is 29.9 Å². The Morgan fingerprint density at radius 3 is 2.62 bits per heavy atom. The lowest BCUT2D eigenvalue weighted by Crippen LogP contribution is -2.52. The van der Waals surface area contributed by atoms with Crippen molar-refractivity contribution in [1.82, 2.24) is 24.6 Å². The van der Waals surface area contributed by atoms with Crippen molar-refractivity contribution in [3.8, 4) is 0 Å². The molecular weight excluding hydrogens is 384 g/mol. The SMILES string of the molecule is CCc1nsc(N2CCN(C(=NC)NCc3ccnc(N4CCCC4)c3)CC2)n1. The summed E-state index contributed by atoms with van der Waals surface area (Å²) in [5.74, 6) is 2.99. The number of guanidine groups is 1. The van der Waals surface area contributed by atoms with Gasteiger partial charge in [-0.25, -0.2) is 9.97 Å². The van der Waals surface area contributed by atoms with Crippen LogP contribution in [0.4, 0.5) is 10.9 Å². The van der Waals surface area contributed by atoms with E-state index in [1.54, 1.807) is 0 Å². The maximum atomic E-state index is 4.62. The van der Waals surface area contributed by atoms with Gasteiger partial charge in [-0.2, -0.15) is 4.37 Å². The Morgan fingerprint density at radius 1 is 1.14 bits per heavy atom. The Morgan fingerprint density at radius 2 is 1.93 bits per heavy atom. The molecule has 0 aromatic carbocycles. The van der Waals surface area contributed by atoms with Gasteiger partial charge >= 0.3 is 0 Å². The fourth-order valence-corrected chi connectivity index (χ4v) is 4.63. The second-order valence-corrected chi connectivity index (χ2v) is 8.17. The van der Waals surface area contributed by atoms with E-state index < -0.39 is 0 Å². The summed E-state index contributed by atoms with van der Waals surface area (Å²) >= 11 is 1.51. The molecule has 1 N–H and O–H groups in total. The third-order valence-electron chi connectivity index (χ3n) is 5.53. The molecule has 2 saturated heterocycles. The molecule has 0 spiro atoms. The molecule has 8 nitrogen and oxygen atoms in total. The lowest BCUT2D eigenvalue weighted by Gasteiger charge is -2.36. The molecule has 2 aromatic rings. The molecule has 4 rings (SSSR count). The molecule has 0 aliphatic carbocycles. The molecule has 2 fully saturated rings. The van der Waals surface area contributed by atoms with E-state index in [9.17, 15) is 0 Å². The summed E-state index contributed by atoms with van der Waals surface area (Å²) in [5.41, 5.74) is 1.24. The topological polar surface area (TPSA) is 72.8 Å². The van der Waals surface area contributed by atoms with Gasteiger partial charge < -0.3 is 20.0 Å². The smallest absolute Gasteiger partial charge is 0.205 e. The first-order chi connectivity index (χ1) is 14.3. The lowest BCUT2D eigenvalue weighted by molar-refractivity contribution is 0.372. The molecule has 0 bridgehead atoms. The highest BCUT2D eigenvalue weighted by molar-refractivity contribution is 7.09. The first kappa shape index (κ1) is 19.9. The molecule has 156 valence electrons. The van der Waals surface area contributed by atoms with Crippen molar-refractivity contribution in [2.45, 2.75) is 32.7 Å². The molecular formula is C20H30N8S. The minimum atomic E-state index is 0.756. The summed E-state index contributed by atoms with van der Waals surface area (Å²) in [5, 5.41) is 4.56. The number of aromatic nitrogens is 3. The number of hydrogen-bond acceptors (Lipinski definition) is 7. The lowest BCUT2D eigenvalue weighted by atomic mass is 10.2. The quantitative estimate of drug-likeness (QED) is 0.592. The van der Waals surface area contributed by atoms with Crippen molar-refractivity contribution in [2.75, 3.05) is 56.1 Å². The number of nitrogens with one attached hydrogen (secondary N) is 1. The van der Waals surface area contributed by atoms with E-state index in [-0.39, 0.29) is 0 Å². The van der Waals surface area contributed by atoms with Crippen LogP contribution >= 0.6 is 11.5 Å². The standard InChI is InChI=1S/C20H30N8S/c1-3-17-24-20(29-25-17)28-12-10-27(11-13-28)19(21-2)23-15-16-6-7-22-18(14-16)26-8-4-5-9-26/h6-7,14H,3-5,8-13,15H2,1-2H3,(H,21,23). The Balaban J connectivity index is 1.30. The van der Waals surface area contributed by atoms with E-state index in [1.807, 2.05) is 13.2 Å². The number of aliphatic imine (C=N–C) groups is 1. The summed E-state index contributed by atoms with van der Waals surface area (Å²) in [6, 6.07) is 4.28. The molecule has 29 heavy (non-hydrogen) atoms. The molecule has 2 aliphatic rings. The summed E-state index contributed by atoms with van der Waals surface area (Å²) in [6.07, 6.45) is 5.33. The van der Waals surface area contributed by atoms with Crippen LogP contribution in [0.3, 0.4) is 0 Å². The second-order valence-electron chi connectivity index (χ2n) is 7.44. The van der Waals surface area contributed by atoms with Crippen molar-refractivity contribution in [3.63, 3.8) is 0 Å². The first-order valence-electron chi connectivity index (χ1n) is 10.5. The zero-order valence-electron chi connectivity index (χ0n) is 17.3. The van der Waals surface area contributed by atoms with Crippen molar-refractivity contribution < 1.29 is 0 Å². The van der Waals surface area contributed by atoms with Crippen LogP contribution in [0.15, 0.2) is 23.3 Å². The molecule has 0 unspecified atom stereocenters. The molecule has 0 saturated carbocycles. The first-order valence-corrected chi connectivity index (χ1v) is 11.3. The summed E-state index contributed by atoms with van der Waals surface area (Å²) in [4.78, 5) is 20.7. The minimum absolute atomic E-state index is 0.756. The van der Waals surface area contributed by atoms with E-state index in [4.69, 9.17) is 0 Å². The van der Waals surface area contributed by atoms with E-state index in [0.717, 1.165) is 75.0 Å². The van der Waals surface area contributed by atoms with Gasteiger partial charge in [0.05, 0.1) is 0 Å². The van der Waals surface area contributed by atoms with E-state index in [2.05, 4.69) is 58.4 Å². The van der Waals surface area contributed by atoms with Gasteiger partial charge in [-0.3, -0.25) is 4.99 Å². The number of nitrogens with zero attached hydrogens (tertiary/aromatic N) is 7. The Kier molecular flexibility index (Phi) is 6.43. The molecule has 2 aliphatic heterocycles. The largest absolute Gasteiger partial charge is 0.357 e. The molecule has 0 atom stereocenters.